The van der Waals surface area contributed by atoms with Gasteiger partial charge in [-0.05, 0) is 28.5 Å². The molecule has 0 spiro atoms. The maximum atomic E-state index is 13.3. The van der Waals surface area contributed by atoms with Gasteiger partial charge in [0, 0.05) is 12.6 Å². The Hall–Kier alpha value is -0.600. The molecule has 0 radical (unpaired) electrons. The summed E-state index contributed by atoms with van der Waals surface area (Å²) in [7, 11) is 0. The second kappa shape index (κ2) is 3.96. The fraction of sp³-hybridized carbons (Fsp3) is 0.571. The van der Waals surface area contributed by atoms with Crippen LogP contribution in [0, 0.1) is 16.6 Å². The van der Waals surface area contributed by atoms with Crippen molar-refractivity contribution < 1.29 is 4.39 Å². The normalized spacial score (nSPS) is 21.5. The molecule has 1 N–H and O–H groups in total. The van der Waals surface area contributed by atoms with Crippen molar-refractivity contribution in [2.75, 3.05) is 0 Å². The topological polar surface area (TPSA) is 12.0 Å². The molecule has 0 atom stereocenters. The molecule has 0 unspecified atom stereocenters. The summed E-state index contributed by atoms with van der Waals surface area (Å²) in [5.74, 6) is -0.347. The van der Waals surface area contributed by atoms with Crippen LogP contribution in [-0.4, -0.2) is 6.04 Å². The molecule has 1 aromatic rings. The van der Waals surface area contributed by atoms with Gasteiger partial charge < -0.3 is 5.32 Å². The zero-order chi connectivity index (χ0) is 12.8. The Balaban J connectivity index is 1.98. The highest BCUT2D eigenvalue weighted by Crippen LogP contribution is 2.62. The zero-order valence-corrected chi connectivity index (χ0v) is 11.5. The molecule has 0 aliphatic heterocycles. The SMILES string of the molecule is CC1(C)C(NCc2ccc(Cl)c(F)c2)C1(C)C. The van der Waals surface area contributed by atoms with Gasteiger partial charge in [-0.25, -0.2) is 4.39 Å². The third kappa shape index (κ3) is 2.09. The van der Waals surface area contributed by atoms with Crippen molar-refractivity contribution in [3.8, 4) is 0 Å². The lowest BCUT2D eigenvalue weighted by Gasteiger charge is -2.07. The average molecular weight is 256 g/mol. The van der Waals surface area contributed by atoms with Crippen molar-refractivity contribution in [1.82, 2.24) is 5.32 Å². The van der Waals surface area contributed by atoms with Gasteiger partial charge in [0.1, 0.15) is 5.82 Å². The summed E-state index contributed by atoms with van der Waals surface area (Å²) in [5.41, 5.74) is 1.54. The van der Waals surface area contributed by atoms with E-state index in [-0.39, 0.29) is 10.8 Å². The van der Waals surface area contributed by atoms with E-state index in [9.17, 15) is 4.39 Å². The first-order chi connectivity index (χ1) is 7.76. The van der Waals surface area contributed by atoms with Crippen molar-refractivity contribution in [2.45, 2.75) is 40.3 Å². The molecule has 1 aliphatic rings. The summed E-state index contributed by atoms with van der Waals surface area (Å²) >= 11 is 5.65. The summed E-state index contributed by atoms with van der Waals surface area (Å²) in [4.78, 5) is 0. The molecular formula is C14H19ClFN. The summed E-state index contributed by atoms with van der Waals surface area (Å²) in [5, 5.41) is 3.67. The van der Waals surface area contributed by atoms with Gasteiger partial charge in [-0.3, -0.25) is 0 Å². The van der Waals surface area contributed by atoms with E-state index in [1.54, 1.807) is 6.07 Å². The molecule has 1 saturated carbocycles. The first-order valence-corrected chi connectivity index (χ1v) is 6.32. The largest absolute Gasteiger partial charge is 0.309 e. The molecule has 1 nitrogen and oxygen atoms in total. The lowest BCUT2D eigenvalue weighted by molar-refractivity contribution is 0.457. The second-order valence-corrected chi connectivity index (χ2v) is 6.41. The molecule has 2 rings (SSSR count). The predicted molar refractivity (Wildman–Crippen MR) is 69.6 cm³/mol. The molecule has 0 amide bonds. The Kier molecular flexibility index (Phi) is 2.99. The van der Waals surface area contributed by atoms with E-state index < -0.39 is 0 Å². The van der Waals surface area contributed by atoms with Gasteiger partial charge in [-0.1, -0.05) is 45.4 Å². The summed E-state index contributed by atoms with van der Waals surface area (Å²) in [6.07, 6.45) is 0. The predicted octanol–water partition coefficient (Wildman–Crippen LogP) is 4.00. The number of nitrogens with one attached hydrogen (secondary N) is 1. The Bertz CT molecular complexity index is 426. The maximum Gasteiger partial charge on any atom is 0.142 e. The smallest absolute Gasteiger partial charge is 0.142 e. The van der Waals surface area contributed by atoms with Crippen LogP contribution in [0.15, 0.2) is 18.2 Å². The van der Waals surface area contributed by atoms with Gasteiger partial charge in [0.2, 0.25) is 0 Å². The van der Waals surface area contributed by atoms with Crippen LogP contribution in [0.2, 0.25) is 5.02 Å². The number of hydrogen-bond donors (Lipinski definition) is 1. The standard InChI is InChI=1S/C14H19ClFN/c1-13(2)12(14(13,3)4)17-8-9-5-6-10(15)11(16)7-9/h5-7,12,17H,8H2,1-4H3. The first kappa shape index (κ1) is 12.8. The Labute approximate surface area is 107 Å². The van der Waals surface area contributed by atoms with Crippen LogP contribution in [0.25, 0.3) is 0 Å². The summed E-state index contributed by atoms with van der Waals surface area (Å²) in [6.45, 7) is 9.71. The van der Waals surface area contributed by atoms with Crippen LogP contribution in [0.3, 0.4) is 0 Å². The molecule has 0 heterocycles. The second-order valence-electron chi connectivity index (χ2n) is 6.01. The quantitative estimate of drug-likeness (QED) is 0.861. The molecular weight excluding hydrogens is 237 g/mol. The minimum absolute atomic E-state index is 0.181. The van der Waals surface area contributed by atoms with Crippen molar-refractivity contribution in [3.05, 3.63) is 34.6 Å². The molecule has 0 saturated heterocycles. The average Bonchev–Trinajstić information content (AvgIpc) is 2.61. The van der Waals surface area contributed by atoms with Crippen molar-refractivity contribution in [1.29, 1.82) is 0 Å². The third-order valence-corrected chi connectivity index (χ3v) is 4.82. The van der Waals surface area contributed by atoms with Crippen LogP contribution >= 0.6 is 11.6 Å². The lowest BCUT2D eigenvalue weighted by atomic mass is 10.0. The highest BCUT2D eigenvalue weighted by molar-refractivity contribution is 6.30. The number of rotatable bonds is 3. The van der Waals surface area contributed by atoms with Crippen molar-refractivity contribution >= 4 is 11.6 Å². The highest BCUT2D eigenvalue weighted by atomic mass is 35.5. The molecule has 1 fully saturated rings. The van der Waals surface area contributed by atoms with Gasteiger partial charge >= 0.3 is 0 Å². The molecule has 94 valence electrons. The van der Waals surface area contributed by atoms with E-state index in [2.05, 4.69) is 33.0 Å². The minimum Gasteiger partial charge on any atom is -0.309 e. The monoisotopic (exact) mass is 255 g/mol. The summed E-state index contributed by atoms with van der Waals surface area (Å²) < 4.78 is 13.3. The van der Waals surface area contributed by atoms with Crippen LogP contribution in [0.1, 0.15) is 33.3 Å². The van der Waals surface area contributed by atoms with E-state index in [1.807, 2.05) is 6.07 Å². The number of halogens is 2. The van der Waals surface area contributed by atoms with E-state index in [4.69, 9.17) is 11.6 Å². The van der Waals surface area contributed by atoms with Crippen LogP contribution in [-0.2, 0) is 6.54 Å². The minimum atomic E-state index is -0.347. The van der Waals surface area contributed by atoms with Gasteiger partial charge in [0.15, 0.2) is 0 Å². The van der Waals surface area contributed by atoms with Crippen molar-refractivity contribution in [2.24, 2.45) is 10.8 Å². The molecule has 1 aliphatic carbocycles. The van der Waals surface area contributed by atoms with Gasteiger partial charge in [0.25, 0.3) is 0 Å². The Morgan fingerprint density at radius 1 is 1.24 bits per heavy atom. The Morgan fingerprint density at radius 2 is 1.82 bits per heavy atom. The molecule has 3 heteroatoms. The summed E-state index contributed by atoms with van der Waals surface area (Å²) in [6, 6.07) is 5.45. The van der Waals surface area contributed by atoms with E-state index >= 15 is 0 Å². The van der Waals surface area contributed by atoms with E-state index in [0.29, 0.717) is 23.4 Å². The van der Waals surface area contributed by atoms with E-state index in [0.717, 1.165) is 5.56 Å². The zero-order valence-electron chi connectivity index (χ0n) is 10.8. The van der Waals surface area contributed by atoms with Crippen LogP contribution in [0.4, 0.5) is 4.39 Å². The maximum absolute atomic E-state index is 13.3. The van der Waals surface area contributed by atoms with Gasteiger partial charge in [0.05, 0.1) is 5.02 Å². The lowest BCUT2D eigenvalue weighted by Crippen LogP contribution is -2.21. The van der Waals surface area contributed by atoms with Crippen LogP contribution in [0.5, 0.6) is 0 Å². The molecule has 0 aromatic heterocycles. The van der Waals surface area contributed by atoms with E-state index in [1.165, 1.54) is 6.07 Å². The third-order valence-electron chi connectivity index (χ3n) is 4.52. The number of hydrogen-bond acceptors (Lipinski definition) is 1. The number of benzene rings is 1. The molecule has 0 bridgehead atoms. The molecule has 17 heavy (non-hydrogen) atoms. The van der Waals surface area contributed by atoms with Gasteiger partial charge in [-0.15, -0.1) is 0 Å². The van der Waals surface area contributed by atoms with Crippen molar-refractivity contribution in [3.63, 3.8) is 0 Å². The first-order valence-electron chi connectivity index (χ1n) is 5.94. The molecule has 1 aromatic carbocycles. The fourth-order valence-electron chi connectivity index (χ4n) is 2.58. The fourth-order valence-corrected chi connectivity index (χ4v) is 2.69. The highest BCUT2D eigenvalue weighted by Gasteiger charge is 2.64. The van der Waals surface area contributed by atoms with Gasteiger partial charge in [-0.2, -0.15) is 0 Å². The van der Waals surface area contributed by atoms with Crippen LogP contribution < -0.4 is 5.32 Å². The Morgan fingerprint density at radius 3 is 2.29 bits per heavy atom.